The number of methoxy groups -OCH3 is 1. The van der Waals surface area contributed by atoms with Gasteiger partial charge in [-0.1, -0.05) is 0 Å². The van der Waals surface area contributed by atoms with Crippen molar-refractivity contribution in [1.29, 1.82) is 0 Å². The molecule has 1 aromatic rings. The molecule has 1 fully saturated rings. The van der Waals surface area contributed by atoms with E-state index in [1.165, 1.54) is 13.3 Å². The number of carbonyl (C=O) groups excluding carboxylic acids is 1. The van der Waals surface area contributed by atoms with Crippen LogP contribution in [0, 0.1) is 0 Å². The van der Waals surface area contributed by atoms with Crippen LogP contribution in [0.2, 0.25) is 0 Å². The molecular weight excluding hydrogens is 208 g/mol. The number of aromatic nitrogens is 2. The van der Waals surface area contributed by atoms with Crippen molar-refractivity contribution >= 4 is 11.8 Å². The molecule has 0 amide bonds. The molecule has 0 bridgehead atoms. The molecule has 3 N–H and O–H groups in total. The van der Waals surface area contributed by atoms with Gasteiger partial charge in [-0.2, -0.15) is 5.10 Å². The smallest absolute Gasteiger partial charge is 0.343 e. The summed E-state index contributed by atoms with van der Waals surface area (Å²) in [6, 6.07) is 0.277. The predicted octanol–water partition coefficient (Wildman–Crippen LogP) is 0.176. The zero-order valence-corrected chi connectivity index (χ0v) is 9.27. The van der Waals surface area contributed by atoms with E-state index in [2.05, 4.69) is 15.2 Å². The van der Waals surface area contributed by atoms with E-state index >= 15 is 0 Å². The van der Waals surface area contributed by atoms with Gasteiger partial charge in [0.05, 0.1) is 19.3 Å². The van der Waals surface area contributed by atoms with Crippen LogP contribution in [0.4, 0.5) is 5.82 Å². The highest BCUT2D eigenvalue weighted by Crippen LogP contribution is 2.23. The molecule has 0 unspecified atom stereocenters. The number of nitrogens with zero attached hydrogens (tertiary/aromatic N) is 2. The summed E-state index contributed by atoms with van der Waals surface area (Å²) in [5.74, 6) is -0.0311. The van der Waals surface area contributed by atoms with E-state index < -0.39 is 5.97 Å². The lowest BCUT2D eigenvalue weighted by molar-refractivity contribution is 0.0602. The molecule has 88 valence electrons. The Morgan fingerprint density at radius 1 is 1.62 bits per heavy atom. The van der Waals surface area contributed by atoms with Crippen molar-refractivity contribution < 1.29 is 9.53 Å². The van der Waals surface area contributed by atoms with Crippen LogP contribution >= 0.6 is 0 Å². The second kappa shape index (κ2) is 4.52. The second-order valence-electron chi connectivity index (χ2n) is 3.86. The zero-order valence-electron chi connectivity index (χ0n) is 9.27. The van der Waals surface area contributed by atoms with Crippen molar-refractivity contribution in [2.24, 2.45) is 0 Å². The highest BCUT2D eigenvalue weighted by atomic mass is 16.5. The van der Waals surface area contributed by atoms with Gasteiger partial charge in [-0.25, -0.2) is 9.48 Å². The Hall–Kier alpha value is -1.56. The van der Waals surface area contributed by atoms with Crippen LogP contribution in [0.1, 0.15) is 29.2 Å². The van der Waals surface area contributed by atoms with Crippen molar-refractivity contribution in [3.05, 3.63) is 11.8 Å². The quantitative estimate of drug-likeness (QED) is 0.700. The number of ether oxygens (including phenoxy) is 1. The summed E-state index contributed by atoms with van der Waals surface area (Å²) in [4.78, 5) is 11.4. The zero-order chi connectivity index (χ0) is 11.5. The van der Waals surface area contributed by atoms with E-state index in [4.69, 9.17) is 5.73 Å². The van der Waals surface area contributed by atoms with Crippen LogP contribution in [0.3, 0.4) is 0 Å². The fourth-order valence-electron chi connectivity index (χ4n) is 1.98. The van der Waals surface area contributed by atoms with Crippen LogP contribution in [-0.2, 0) is 4.74 Å². The summed E-state index contributed by atoms with van der Waals surface area (Å²) >= 11 is 0. The van der Waals surface area contributed by atoms with E-state index in [0.717, 1.165) is 25.9 Å². The summed E-state index contributed by atoms with van der Waals surface area (Å²) in [7, 11) is 1.34. The topological polar surface area (TPSA) is 82.2 Å². The first kappa shape index (κ1) is 10.9. The summed E-state index contributed by atoms with van der Waals surface area (Å²) in [5, 5.41) is 7.44. The van der Waals surface area contributed by atoms with Crippen molar-refractivity contribution in [1.82, 2.24) is 15.1 Å². The van der Waals surface area contributed by atoms with Gasteiger partial charge in [0.2, 0.25) is 0 Å². The highest BCUT2D eigenvalue weighted by molar-refractivity contribution is 5.93. The molecule has 2 heterocycles. The maximum atomic E-state index is 11.4. The van der Waals surface area contributed by atoms with Gasteiger partial charge in [0.1, 0.15) is 11.4 Å². The van der Waals surface area contributed by atoms with Gasteiger partial charge in [-0.05, 0) is 25.9 Å². The first-order valence-electron chi connectivity index (χ1n) is 5.36. The van der Waals surface area contributed by atoms with Crippen molar-refractivity contribution in [3.63, 3.8) is 0 Å². The molecular formula is C10H16N4O2. The van der Waals surface area contributed by atoms with E-state index in [-0.39, 0.29) is 6.04 Å². The van der Waals surface area contributed by atoms with Gasteiger partial charge in [0.25, 0.3) is 0 Å². The van der Waals surface area contributed by atoms with Crippen molar-refractivity contribution in [3.8, 4) is 0 Å². The molecule has 2 rings (SSSR count). The van der Waals surface area contributed by atoms with E-state index in [9.17, 15) is 4.79 Å². The molecule has 6 heteroatoms. The number of nitrogens with two attached hydrogens (primary N) is 1. The number of nitrogens with one attached hydrogen (secondary N) is 1. The molecule has 0 spiro atoms. The summed E-state index contributed by atoms with van der Waals surface area (Å²) < 4.78 is 6.36. The average molecular weight is 224 g/mol. The molecule has 0 radical (unpaired) electrons. The lowest BCUT2D eigenvalue weighted by Crippen LogP contribution is -2.30. The predicted molar refractivity (Wildman–Crippen MR) is 59.1 cm³/mol. The maximum Gasteiger partial charge on any atom is 0.343 e. The Labute approximate surface area is 93.8 Å². The summed E-state index contributed by atoms with van der Waals surface area (Å²) in [5.41, 5.74) is 6.24. The molecule has 0 aliphatic carbocycles. The van der Waals surface area contributed by atoms with Crippen LogP contribution in [0.5, 0.6) is 0 Å². The fraction of sp³-hybridized carbons (Fsp3) is 0.600. The van der Waals surface area contributed by atoms with Gasteiger partial charge in [-0.15, -0.1) is 0 Å². The third kappa shape index (κ3) is 1.88. The number of piperidine rings is 1. The Bertz CT molecular complexity index is 382. The first-order valence-corrected chi connectivity index (χ1v) is 5.36. The molecule has 0 atom stereocenters. The van der Waals surface area contributed by atoms with Crippen LogP contribution < -0.4 is 11.1 Å². The number of esters is 1. The van der Waals surface area contributed by atoms with Gasteiger partial charge < -0.3 is 15.8 Å². The third-order valence-electron chi connectivity index (χ3n) is 2.89. The molecule has 1 aliphatic heterocycles. The van der Waals surface area contributed by atoms with E-state index in [1.54, 1.807) is 4.68 Å². The summed E-state index contributed by atoms with van der Waals surface area (Å²) in [6.07, 6.45) is 3.43. The number of rotatable bonds is 2. The first-order chi connectivity index (χ1) is 7.74. The van der Waals surface area contributed by atoms with Crippen molar-refractivity contribution in [2.45, 2.75) is 18.9 Å². The Kier molecular flexibility index (Phi) is 3.09. The molecule has 1 saturated heterocycles. The van der Waals surface area contributed by atoms with Gasteiger partial charge in [-0.3, -0.25) is 0 Å². The maximum absolute atomic E-state index is 11.4. The number of hydrogen-bond donors (Lipinski definition) is 2. The van der Waals surface area contributed by atoms with Gasteiger partial charge in [0, 0.05) is 0 Å². The molecule has 1 aromatic heterocycles. The number of carbonyl (C=O) groups is 1. The minimum Gasteiger partial charge on any atom is -0.465 e. The minimum absolute atomic E-state index is 0.277. The number of anilines is 1. The van der Waals surface area contributed by atoms with Gasteiger partial charge in [0.15, 0.2) is 0 Å². The molecule has 0 saturated carbocycles. The van der Waals surface area contributed by atoms with E-state index in [1.807, 2.05) is 0 Å². The lowest BCUT2D eigenvalue weighted by Gasteiger charge is -2.23. The monoisotopic (exact) mass is 224 g/mol. The fourth-order valence-corrected chi connectivity index (χ4v) is 1.98. The molecule has 1 aliphatic rings. The largest absolute Gasteiger partial charge is 0.465 e. The Morgan fingerprint density at radius 3 is 2.94 bits per heavy atom. The standard InChI is InChI=1S/C10H16N4O2/c1-16-10(15)8-6-13-14(9(8)11)7-2-4-12-5-3-7/h6-7,12H,2-5,11H2,1H3. The minimum atomic E-state index is -0.433. The normalized spacial score (nSPS) is 17.3. The molecule has 0 aromatic carbocycles. The molecule has 16 heavy (non-hydrogen) atoms. The highest BCUT2D eigenvalue weighted by Gasteiger charge is 2.22. The Morgan fingerprint density at radius 2 is 2.31 bits per heavy atom. The lowest BCUT2D eigenvalue weighted by atomic mass is 10.1. The third-order valence-corrected chi connectivity index (χ3v) is 2.89. The Balaban J connectivity index is 2.21. The van der Waals surface area contributed by atoms with Crippen LogP contribution in [0.25, 0.3) is 0 Å². The summed E-state index contributed by atoms with van der Waals surface area (Å²) in [6.45, 7) is 1.91. The van der Waals surface area contributed by atoms with Crippen LogP contribution in [-0.4, -0.2) is 35.9 Å². The van der Waals surface area contributed by atoms with Gasteiger partial charge >= 0.3 is 5.97 Å². The molecule has 6 nitrogen and oxygen atoms in total. The van der Waals surface area contributed by atoms with Crippen LogP contribution in [0.15, 0.2) is 6.20 Å². The number of hydrogen-bond acceptors (Lipinski definition) is 5. The van der Waals surface area contributed by atoms with Crippen molar-refractivity contribution in [2.75, 3.05) is 25.9 Å². The SMILES string of the molecule is COC(=O)c1cnn(C2CCNCC2)c1N. The average Bonchev–Trinajstić information content (AvgIpc) is 2.71. The van der Waals surface area contributed by atoms with E-state index in [0.29, 0.717) is 11.4 Å². The number of nitrogen functional groups attached to an aromatic ring is 1. The second-order valence-corrected chi connectivity index (χ2v) is 3.86.